The normalized spacial score (nSPS) is 10.6. The van der Waals surface area contributed by atoms with Crippen molar-refractivity contribution in [3.63, 3.8) is 0 Å². The number of aryl methyl sites for hydroxylation is 1. The van der Waals surface area contributed by atoms with Crippen LogP contribution in [0.2, 0.25) is 0 Å². The summed E-state index contributed by atoms with van der Waals surface area (Å²) < 4.78 is 0. The summed E-state index contributed by atoms with van der Waals surface area (Å²) in [7, 11) is 1.82. The van der Waals surface area contributed by atoms with Gasteiger partial charge < -0.3 is 10.6 Å². The quantitative estimate of drug-likeness (QED) is 0.794. The van der Waals surface area contributed by atoms with Crippen molar-refractivity contribution < 1.29 is 4.79 Å². The first-order valence-corrected chi connectivity index (χ1v) is 5.53. The summed E-state index contributed by atoms with van der Waals surface area (Å²) in [5.74, 6) is 0.497. The Kier molecular flexibility index (Phi) is 3.93. The molecule has 0 fully saturated rings. The van der Waals surface area contributed by atoms with E-state index in [1.807, 2.05) is 26.1 Å². The van der Waals surface area contributed by atoms with Gasteiger partial charge in [0.2, 0.25) is 0 Å². The van der Waals surface area contributed by atoms with Crippen LogP contribution in [0.3, 0.4) is 0 Å². The summed E-state index contributed by atoms with van der Waals surface area (Å²) in [4.78, 5) is 13.7. The summed E-state index contributed by atoms with van der Waals surface area (Å²) in [6.07, 6.45) is 0. The third-order valence-electron chi connectivity index (χ3n) is 2.51. The van der Waals surface area contributed by atoms with Crippen molar-refractivity contribution in [2.75, 3.05) is 19.3 Å². The number of amides is 1. The van der Waals surface area contributed by atoms with Crippen LogP contribution >= 0.6 is 0 Å². The molecule has 2 N–H and O–H groups in total. The number of benzene rings is 1. The van der Waals surface area contributed by atoms with E-state index < -0.39 is 0 Å². The molecule has 88 valence electrons. The zero-order valence-corrected chi connectivity index (χ0v) is 10.4. The number of carbonyl (C=O) groups is 1. The van der Waals surface area contributed by atoms with Gasteiger partial charge in [-0.05, 0) is 30.5 Å². The van der Waals surface area contributed by atoms with E-state index in [4.69, 9.17) is 5.73 Å². The highest BCUT2D eigenvalue weighted by atomic mass is 16.2. The fraction of sp³-hybridized carbons (Fsp3) is 0.462. The molecule has 1 aromatic rings. The molecule has 0 atom stereocenters. The maximum absolute atomic E-state index is 12.0. The lowest BCUT2D eigenvalue weighted by Crippen LogP contribution is -2.30. The minimum Gasteiger partial charge on any atom is -0.398 e. The Bertz CT molecular complexity index is 386. The molecule has 0 aromatic heterocycles. The van der Waals surface area contributed by atoms with Crippen LogP contribution in [-0.2, 0) is 0 Å². The molecular weight excluding hydrogens is 200 g/mol. The second kappa shape index (κ2) is 5.01. The smallest absolute Gasteiger partial charge is 0.253 e. The van der Waals surface area contributed by atoms with Crippen LogP contribution in [0.25, 0.3) is 0 Å². The Morgan fingerprint density at radius 1 is 1.44 bits per heavy atom. The topological polar surface area (TPSA) is 46.3 Å². The second-order valence-corrected chi connectivity index (χ2v) is 4.65. The summed E-state index contributed by atoms with van der Waals surface area (Å²) in [6, 6.07) is 5.45. The van der Waals surface area contributed by atoms with Gasteiger partial charge in [-0.25, -0.2) is 0 Å². The van der Waals surface area contributed by atoms with Crippen LogP contribution in [0.4, 0.5) is 5.69 Å². The molecule has 0 aliphatic carbocycles. The van der Waals surface area contributed by atoms with Crippen LogP contribution in [-0.4, -0.2) is 24.4 Å². The minimum atomic E-state index is 0.0281. The third-order valence-corrected chi connectivity index (χ3v) is 2.51. The molecule has 0 bridgehead atoms. The predicted molar refractivity (Wildman–Crippen MR) is 67.4 cm³/mol. The van der Waals surface area contributed by atoms with Gasteiger partial charge in [0.15, 0.2) is 0 Å². The first kappa shape index (κ1) is 12.6. The summed E-state index contributed by atoms with van der Waals surface area (Å²) in [5, 5.41) is 0. The number of carbonyl (C=O) groups excluding carboxylic acids is 1. The Hall–Kier alpha value is -1.51. The van der Waals surface area contributed by atoms with Gasteiger partial charge in [-0.3, -0.25) is 4.79 Å². The SMILES string of the molecule is Cc1ccc(C(=O)N(C)CC(C)C)cc1N. The van der Waals surface area contributed by atoms with E-state index in [1.165, 1.54) is 0 Å². The van der Waals surface area contributed by atoms with Crippen LogP contribution in [0.1, 0.15) is 29.8 Å². The van der Waals surface area contributed by atoms with Gasteiger partial charge in [0.25, 0.3) is 5.91 Å². The fourth-order valence-electron chi connectivity index (χ4n) is 1.62. The van der Waals surface area contributed by atoms with Crippen LogP contribution in [0.15, 0.2) is 18.2 Å². The van der Waals surface area contributed by atoms with Gasteiger partial charge in [0, 0.05) is 24.8 Å². The lowest BCUT2D eigenvalue weighted by Gasteiger charge is -2.19. The number of nitrogens with two attached hydrogens (primary N) is 1. The molecule has 0 radical (unpaired) electrons. The van der Waals surface area contributed by atoms with E-state index in [9.17, 15) is 4.79 Å². The number of nitrogen functional groups attached to an aromatic ring is 1. The molecule has 1 rings (SSSR count). The molecule has 0 saturated heterocycles. The van der Waals surface area contributed by atoms with E-state index >= 15 is 0 Å². The van der Waals surface area contributed by atoms with Crippen molar-refractivity contribution in [1.29, 1.82) is 0 Å². The predicted octanol–water partition coefficient (Wildman–Crippen LogP) is 2.31. The maximum Gasteiger partial charge on any atom is 0.253 e. The van der Waals surface area contributed by atoms with Gasteiger partial charge in [-0.1, -0.05) is 19.9 Å². The van der Waals surface area contributed by atoms with Crippen molar-refractivity contribution in [3.8, 4) is 0 Å². The van der Waals surface area contributed by atoms with E-state index in [1.54, 1.807) is 11.0 Å². The monoisotopic (exact) mass is 220 g/mol. The van der Waals surface area contributed by atoms with Crippen LogP contribution in [0, 0.1) is 12.8 Å². The molecule has 3 heteroatoms. The molecule has 0 aliphatic heterocycles. The van der Waals surface area contributed by atoms with E-state index in [0.717, 1.165) is 12.1 Å². The molecule has 1 aromatic carbocycles. The van der Waals surface area contributed by atoms with Crippen LogP contribution in [0.5, 0.6) is 0 Å². The molecule has 1 amide bonds. The largest absolute Gasteiger partial charge is 0.398 e. The molecule has 0 spiro atoms. The van der Waals surface area contributed by atoms with Gasteiger partial charge in [-0.15, -0.1) is 0 Å². The Morgan fingerprint density at radius 3 is 2.56 bits per heavy atom. The Morgan fingerprint density at radius 2 is 2.06 bits per heavy atom. The van der Waals surface area contributed by atoms with Crippen molar-refractivity contribution >= 4 is 11.6 Å². The number of hydrogen-bond acceptors (Lipinski definition) is 2. The lowest BCUT2D eigenvalue weighted by atomic mass is 10.1. The average Bonchev–Trinajstić information content (AvgIpc) is 2.20. The Balaban J connectivity index is 2.84. The zero-order chi connectivity index (χ0) is 12.3. The molecule has 3 nitrogen and oxygen atoms in total. The summed E-state index contributed by atoms with van der Waals surface area (Å²) in [5.41, 5.74) is 8.12. The standard InChI is InChI=1S/C13H20N2O/c1-9(2)8-15(4)13(16)11-6-5-10(3)12(14)7-11/h5-7,9H,8,14H2,1-4H3. The average molecular weight is 220 g/mol. The van der Waals surface area contributed by atoms with Gasteiger partial charge in [-0.2, -0.15) is 0 Å². The number of nitrogens with zero attached hydrogens (tertiary/aromatic N) is 1. The van der Waals surface area contributed by atoms with E-state index in [-0.39, 0.29) is 5.91 Å². The highest BCUT2D eigenvalue weighted by molar-refractivity contribution is 5.95. The Labute approximate surface area is 97.2 Å². The third kappa shape index (κ3) is 2.99. The van der Waals surface area contributed by atoms with Crippen molar-refractivity contribution in [2.45, 2.75) is 20.8 Å². The summed E-state index contributed by atoms with van der Waals surface area (Å²) >= 11 is 0. The molecule has 16 heavy (non-hydrogen) atoms. The zero-order valence-electron chi connectivity index (χ0n) is 10.4. The van der Waals surface area contributed by atoms with Crippen molar-refractivity contribution in [1.82, 2.24) is 4.90 Å². The molecule has 0 saturated carbocycles. The van der Waals surface area contributed by atoms with Crippen molar-refractivity contribution in [2.24, 2.45) is 5.92 Å². The van der Waals surface area contributed by atoms with Gasteiger partial charge >= 0.3 is 0 Å². The fourth-order valence-corrected chi connectivity index (χ4v) is 1.62. The minimum absolute atomic E-state index is 0.0281. The van der Waals surface area contributed by atoms with E-state index in [2.05, 4.69) is 13.8 Å². The van der Waals surface area contributed by atoms with Crippen LogP contribution < -0.4 is 5.73 Å². The number of anilines is 1. The first-order chi connectivity index (χ1) is 7.41. The molecule has 0 unspecified atom stereocenters. The number of rotatable bonds is 3. The summed E-state index contributed by atoms with van der Waals surface area (Å²) in [6.45, 7) is 6.87. The number of hydrogen-bond donors (Lipinski definition) is 1. The highest BCUT2D eigenvalue weighted by Crippen LogP contribution is 2.14. The van der Waals surface area contributed by atoms with Gasteiger partial charge in [0.1, 0.15) is 0 Å². The second-order valence-electron chi connectivity index (χ2n) is 4.65. The molecular formula is C13H20N2O. The first-order valence-electron chi connectivity index (χ1n) is 5.53. The molecule has 0 aliphatic rings. The van der Waals surface area contributed by atoms with E-state index in [0.29, 0.717) is 17.2 Å². The van der Waals surface area contributed by atoms with Crippen molar-refractivity contribution in [3.05, 3.63) is 29.3 Å². The van der Waals surface area contributed by atoms with Gasteiger partial charge in [0.05, 0.1) is 0 Å². The lowest BCUT2D eigenvalue weighted by molar-refractivity contribution is 0.0779. The highest BCUT2D eigenvalue weighted by Gasteiger charge is 2.13. The molecule has 0 heterocycles. The maximum atomic E-state index is 12.0.